The van der Waals surface area contributed by atoms with E-state index in [0.29, 0.717) is 11.3 Å². The first-order chi connectivity index (χ1) is 9.97. The van der Waals surface area contributed by atoms with Gasteiger partial charge in [-0.15, -0.1) is 0 Å². The molecule has 7 nitrogen and oxygen atoms in total. The van der Waals surface area contributed by atoms with E-state index in [1.807, 2.05) is 0 Å². The van der Waals surface area contributed by atoms with Crippen molar-refractivity contribution in [2.24, 2.45) is 5.73 Å². The first-order valence-corrected chi connectivity index (χ1v) is 6.66. The van der Waals surface area contributed by atoms with Crippen LogP contribution in [-0.4, -0.2) is 40.5 Å². The molecular weight excluding hydrogens is 274 g/mol. The van der Waals surface area contributed by atoms with Crippen LogP contribution in [0.25, 0.3) is 0 Å². The minimum absolute atomic E-state index is 0.0788. The van der Waals surface area contributed by atoms with E-state index in [0.717, 1.165) is 12.8 Å². The molecule has 1 aliphatic carbocycles. The van der Waals surface area contributed by atoms with Crippen molar-refractivity contribution in [1.82, 2.24) is 4.90 Å². The van der Waals surface area contributed by atoms with Gasteiger partial charge in [0.05, 0.1) is 6.42 Å². The minimum atomic E-state index is -0.931. The number of rotatable bonds is 6. The number of carboxylic acids is 1. The number of nitrogens with two attached hydrogens (primary N) is 1. The molecule has 0 radical (unpaired) electrons. The number of aliphatic carboxylic acids is 1. The average molecular weight is 291 g/mol. The number of nitrogens with zero attached hydrogens (tertiary/aromatic N) is 1. The van der Waals surface area contributed by atoms with Crippen LogP contribution in [0, 0.1) is 0 Å². The van der Waals surface area contributed by atoms with Crippen molar-refractivity contribution in [2.75, 3.05) is 11.9 Å². The molecule has 0 aliphatic heterocycles. The van der Waals surface area contributed by atoms with Crippen LogP contribution in [0.4, 0.5) is 10.5 Å². The van der Waals surface area contributed by atoms with Crippen LogP contribution in [-0.2, 0) is 4.79 Å². The SMILES string of the molecule is NC(=O)c1ccc(NC(=O)N(CCC(=O)O)C2CC2)cc1. The summed E-state index contributed by atoms with van der Waals surface area (Å²) in [5, 5.41) is 11.4. The number of carbonyl (C=O) groups is 3. The van der Waals surface area contributed by atoms with Gasteiger partial charge >= 0.3 is 12.0 Å². The monoisotopic (exact) mass is 291 g/mol. The largest absolute Gasteiger partial charge is 0.481 e. The third-order valence-corrected chi connectivity index (χ3v) is 3.24. The molecule has 21 heavy (non-hydrogen) atoms. The van der Waals surface area contributed by atoms with Crippen LogP contribution in [0.1, 0.15) is 29.6 Å². The molecule has 0 saturated heterocycles. The summed E-state index contributed by atoms with van der Waals surface area (Å²) >= 11 is 0. The topological polar surface area (TPSA) is 113 Å². The third kappa shape index (κ3) is 4.20. The van der Waals surface area contributed by atoms with E-state index in [2.05, 4.69) is 5.32 Å². The van der Waals surface area contributed by atoms with Crippen LogP contribution >= 0.6 is 0 Å². The summed E-state index contributed by atoms with van der Waals surface area (Å²) < 4.78 is 0. The lowest BCUT2D eigenvalue weighted by molar-refractivity contribution is -0.137. The van der Waals surface area contributed by atoms with Gasteiger partial charge in [-0.1, -0.05) is 0 Å². The summed E-state index contributed by atoms with van der Waals surface area (Å²) in [7, 11) is 0. The molecule has 0 unspecified atom stereocenters. The van der Waals surface area contributed by atoms with Gasteiger partial charge in [-0.2, -0.15) is 0 Å². The number of amides is 3. The molecule has 3 amide bonds. The van der Waals surface area contributed by atoms with Crippen molar-refractivity contribution in [2.45, 2.75) is 25.3 Å². The van der Waals surface area contributed by atoms with Gasteiger partial charge in [0.2, 0.25) is 5.91 Å². The van der Waals surface area contributed by atoms with E-state index in [4.69, 9.17) is 10.8 Å². The van der Waals surface area contributed by atoms with Gasteiger partial charge in [0.25, 0.3) is 0 Å². The Morgan fingerprint density at radius 2 is 1.86 bits per heavy atom. The van der Waals surface area contributed by atoms with Gasteiger partial charge in [-0.05, 0) is 37.1 Å². The van der Waals surface area contributed by atoms with Gasteiger partial charge in [0.15, 0.2) is 0 Å². The number of carboxylic acid groups (broad SMARTS) is 1. The molecular formula is C14H17N3O4. The zero-order chi connectivity index (χ0) is 15.4. The maximum Gasteiger partial charge on any atom is 0.322 e. The van der Waals surface area contributed by atoms with Crippen LogP contribution in [0.2, 0.25) is 0 Å². The van der Waals surface area contributed by atoms with Crippen LogP contribution < -0.4 is 11.1 Å². The molecule has 4 N–H and O–H groups in total. The Hall–Kier alpha value is -2.57. The normalized spacial score (nSPS) is 13.5. The molecule has 0 aromatic heterocycles. The number of carbonyl (C=O) groups excluding carboxylic acids is 2. The summed E-state index contributed by atoms with van der Waals surface area (Å²) in [6, 6.07) is 6.01. The first kappa shape index (κ1) is 14.8. The van der Waals surface area contributed by atoms with Gasteiger partial charge in [-0.3, -0.25) is 9.59 Å². The molecule has 0 spiro atoms. The summed E-state index contributed by atoms with van der Waals surface area (Å²) in [4.78, 5) is 35.3. The Kier molecular flexibility index (Phi) is 4.42. The Labute approximate surface area is 121 Å². The average Bonchev–Trinajstić information content (AvgIpc) is 3.23. The lowest BCUT2D eigenvalue weighted by Gasteiger charge is -2.22. The molecule has 2 rings (SSSR count). The van der Waals surface area contributed by atoms with Gasteiger partial charge in [0, 0.05) is 23.8 Å². The summed E-state index contributed by atoms with van der Waals surface area (Å²) in [5.41, 5.74) is 6.03. The standard InChI is InChI=1S/C14H17N3O4/c15-13(20)9-1-3-10(4-2-9)16-14(21)17(11-5-6-11)8-7-12(18)19/h1-4,11H,5-8H2,(H2,15,20)(H,16,21)(H,18,19). The number of hydrogen-bond donors (Lipinski definition) is 3. The Morgan fingerprint density at radius 1 is 1.24 bits per heavy atom. The zero-order valence-electron chi connectivity index (χ0n) is 11.4. The molecule has 0 heterocycles. The quantitative estimate of drug-likeness (QED) is 0.732. The van der Waals surface area contributed by atoms with Crippen molar-refractivity contribution < 1.29 is 19.5 Å². The fourth-order valence-corrected chi connectivity index (χ4v) is 1.97. The van der Waals surface area contributed by atoms with Crippen LogP contribution in [0.3, 0.4) is 0 Å². The maximum absolute atomic E-state index is 12.2. The van der Waals surface area contributed by atoms with Crippen molar-refractivity contribution in [3.8, 4) is 0 Å². The maximum atomic E-state index is 12.2. The number of nitrogens with one attached hydrogen (secondary N) is 1. The van der Waals surface area contributed by atoms with E-state index in [1.165, 1.54) is 17.0 Å². The van der Waals surface area contributed by atoms with E-state index in [1.54, 1.807) is 12.1 Å². The van der Waals surface area contributed by atoms with Crippen molar-refractivity contribution >= 4 is 23.6 Å². The second kappa shape index (κ2) is 6.25. The third-order valence-electron chi connectivity index (χ3n) is 3.24. The van der Waals surface area contributed by atoms with E-state index < -0.39 is 11.9 Å². The fourth-order valence-electron chi connectivity index (χ4n) is 1.97. The highest BCUT2D eigenvalue weighted by atomic mass is 16.4. The van der Waals surface area contributed by atoms with E-state index in [-0.39, 0.29) is 25.0 Å². The molecule has 1 aromatic rings. The van der Waals surface area contributed by atoms with Crippen LogP contribution in [0.5, 0.6) is 0 Å². The molecule has 0 bridgehead atoms. The Balaban J connectivity index is 1.97. The number of benzene rings is 1. The fraction of sp³-hybridized carbons (Fsp3) is 0.357. The molecule has 1 aromatic carbocycles. The minimum Gasteiger partial charge on any atom is -0.481 e. The number of primary amides is 1. The van der Waals surface area contributed by atoms with Gasteiger partial charge in [-0.25, -0.2) is 4.79 Å². The van der Waals surface area contributed by atoms with Gasteiger partial charge < -0.3 is 21.1 Å². The molecule has 0 atom stereocenters. The Morgan fingerprint density at radius 3 is 2.33 bits per heavy atom. The number of anilines is 1. The van der Waals surface area contributed by atoms with Crippen LogP contribution in [0.15, 0.2) is 24.3 Å². The van der Waals surface area contributed by atoms with Crippen molar-refractivity contribution in [3.63, 3.8) is 0 Å². The number of hydrogen-bond acceptors (Lipinski definition) is 3. The summed E-state index contributed by atoms with van der Waals surface area (Å²) in [6.07, 6.45) is 1.71. The summed E-state index contributed by atoms with van der Waals surface area (Å²) in [5.74, 6) is -1.46. The highest BCUT2D eigenvalue weighted by Gasteiger charge is 2.32. The zero-order valence-corrected chi connectivity index (χ0v) is 11.4. The molecule has 1 fully saturated rings. The molecule has 112 valence electrons. The first-order valence-electron chi connectivity index (χ1n) is 6.66. The molecule has 1 aliphatic rings. The lowest BCUT2D eigenvalue weighted by Crippen LogP contribution is -2.38. The van der Waals surface area contributed by atoms with Crippen molar-refractivity contribution in [3.05, 3.63) is 29.8 Å². The van der Waals surface area contributed by atoms with Crippen molar-refractivity contribution in [1.29, 1.82) is 0 Å². The Bertz CT molecular complexity index is 552. The van der Waals surface area contributed by atoms with Gasteiger partial charge in [0.1, 0.15) is 0 Å². The lowest BCUT2D eigenvalue weighted by atomic mass is 10.2. The summed E-state index contributed by atoms with van der Waals surface area (Å²) in [6.45, 7) is 0.186. The molecule has 1 saturated carbocycles. The van der Waals surface area contributed by atoms with E-state index >= 15 is 0 Å². The second-order valence-electron chi connectivity index (χ2n) is 4.94. The molecule has 7 heteroatoms. The number of urea groups is 1. The van der Waals surface area contributed by atoms with E-state index in [9.17, 15) is 14.4 Å². The highest BCUT2D eigenvalue weighted by molar-refractivity contribution is 5.94. The highest BCUT2D eigenvalue weighted by Crippen LogP contribution is 2.27. The second-order valence-corrected chi connectivity index (χ2v) is 4.94. The predicted molar refractivity (Wildman–Crippen MR) is 76.0 cm³/mol. The smallest absolute Gasteiger partial charge is 0.322 e. The predicted octanol–water partition coefficient (Wildman–Crippen LogP) is 1.26.